The van der Waals surface area contributed by atoms with Gasteiger partial charge in [-0.15, -0.1) is 0 Å². The van der Waals surface area contributed by atoms with Crippen LogP contribution in [-0.4, -0.2) is 25.3 Å². The van der Waals surface area contributed by atoms with Gasteiger partial charge in [0.1, 0.15) is 5.60 Å². The third-order valence-electron chi connectivity index (χ3n) is 2.08. The monoisotopic (exact) mass is 253 g/mol. The zero-order valence-electron chi connectivity index (χ0n) is 9.40. The number of aromatic amines is 1. The molecule has 2 rings (SSSR count). The molecule has 90 valence electrons. The largest absolute Gasteiger partial charge is 0.384 e. The molecule has 7 heteroatoms. The van der Waals surface area contributed by atoms with Crippen LogP contribution in [0.3, 0.4) is 0 Å². The molecule has 2 heterocycles. The van der Waals surface area contributed by atoms with Crippen molar-refractivity contribution in [2.45, 2.75) is 19.4 Å². The molecule has 0 aliphatic carbocycles. The van der Waals surface area contributed by atoms with Crippen molar-refractivity contribution in [1.82, 2.24) is 20.2 Å². The summed E-state index contributed by atoms with van der Waals surface area (Å²) in [6.07, 6.45) is 4.72. The van der Waals surface area contributed by atoms with Crippen LogP contribution in [0.4, 0.5) is 11.6 Å². The quantitative estimate of drug-likeness (QED) is 0.777. The Balaban J connectivity index is 2.31. The standard InChI is InChI=1S/C10H12ClN5O/c1-10(2,17)8-7(11)5-12-9(16-8)15-6-3-13-14-4-6/h3-5,17H,1-2H3,(H,13,14)(H,12,15,16). The minimum atomic E-state index is -1.12. The van der Waals surface area contributed by atoms with Crippen LogP contribution >= 0.6 is 11.6 Å². The first-order chi connectivity index (χ1) is 7.97. The molecule has 0 aromatic carbocycles. The van der Waals surface area contributed by atoms with E-state index in [4.69, 9.17) is 11.6 Å². The van der Waals surface area contributed by atoms with Crippen molar-refractivity contribution in [2.75, 3.05) is 5.32 Å². The Bertz CT molecular complexity index is 506. The Morgan fingerprint density at radius 3 is 2.76 bits per heavy atom. The van der Waals surface area contributed by atoms with Gasteiger partial charge in [0.15, 0.2) is 0 Å². The molecule has 0 unspecified atom stereocenters. The summed E-state index contributed by atoms with van der Waals surface area (Å²) in [7, 11) is 0. The number of nitrogens with one attached hydrogen (secondary N) is 2. The van der Waals surface area contributed by atoms with E-state index in [2.05, 4.69) is 25.5 Å². The van der Waals surface area contributed by atoms with Crippen LogP contribution in [0.25, 0.3) is 0 Å². The number of halogens is 1. The lowest BCUT2D eigenvalue weighted by Crippen LogP contribution is -2.19. The van der Waals surface area contributed by atoms with Crippen LogP contribution in [0, 0.1) is 0 Å². The molecule has 0 atom stereocenters. The highest BCUT2D eigenvalue weighted by Crippen LogP contribution is 2.26. The van der Waals surface area contributed by atoms with Gasteiger partial charge in [0.25, 0.3) is 0 Å². The zero-order valence-corrected chi connectivity index (χ0v) is 10.2. The fourth-order valence-corrected chi connectivity index (χ4v) is 1.63. The Morgan fingerprint density at radius 2 is 2.18 bits per heavy atom. The number of nitrogens with zero attached hydrogens (tertiary/aromatic N) is 3. The average molecular weight is 254 g/mol. The van der Waals surface area contributed by atoms with Crippen LogP contribution < -0.4 is 5.32 Å². The van der Waals surface area contributed by atoms with E-state index >= 15 is 0 Å². The Hall–Kier alpha value is -1.66. The van der Waals surface area contributed by atoms with Crippen molar-refractivity contribution < 1.29 is 5.11 Å². The first kappa shape index (κ1) is 11.8. The first-order valence-corrected chi connectivity index (χ1v) is 5.36. The zero-order chi connectivity index (χ0) is 12.5. The number of rotatable bonds is 3. The molecular weight excluding hydrogens is 242 g/mol. The van der Waals surface area contributed by atoms with E-state index in [1.165, 1.54) is 6.20 Å². The normalized spacial score (nSPS) is 11.5. The third kappa shape index (κ3) is 2.72. The van der Waals surface area contributed by atoms with Gasteiger partial charge in [-0.25, -0.2) is 9.97 Å². The van der Waals surface area contributed by atoms with Crippen LogP contribution in [0.5, 0.6) is 0 Å². The minimum absolute atomic E-state index is 0.329. The summed E-state index contributed by atoms with van der Waals surface area (Å²) in [4.78, 5) is 8.19. The molecule has 17 heavy (non-hydrogen) atoms. The smallest absolute Gasteiger partial charge is 0.227 e. The number of anilines is 2. The summed E-state index contributed by atoms with van der Waals surface area (Å²) in [5.41, 5.74) is -0.0125. The summed E-state index contributed by atoms with van der Waals surface area (Å²) >= 11 is 5.93. The van der Waals surface area contributed by atoms with Crippen molar-refractivity contribution in [2.24, 2.45) is 0 Å². The fourth-order valence-electron chi connectivity index (χ4n) is 1.30. The molecule has 0 radical (unpaired) electrons. The second-order valence-corrected chi connectivity index (χ2v) is 4.47. The van der Waals surface area contributed by atoms with Gasteiger partial charge in [0.05, 0.1) is 28.8 Å². The number of hydrogen-bond donors (Lipinski definition) is 3. The molecule has 0 saturated heterocycles. The van der Waals surface area contributed by atoms with E-state index in [1.807, 2.05) is 0 Å². The minimum Gasteiger partial charge on any atom is -0.384 e. The SMILES string of the molecule is CC(C)(O)c1nc(Nc2cn[nH]c2)ncc1Cl. The molecule has 0 spiro atoms. The van der Waals surface area contributed by atoms with E-state index in [0.29, 0.717) is 16.7 Å². The summed E-state index contributed by atoms with van der Waals surface area (Å²) in [5.74, 6) is 0.355. The molecule has 0 fully saturated rings. The van der Waals surface area contributed by atoms with Crippen molar-refractivity contribution in [1.29, 1.82) is 0 Å². The Labute approximate surface area is 103 Å². The Kier molecular flexibility index (Phi) is 2.99. The van der Waals surface area contributed by atoms with E-state index in [-0.39, 0.29) is 0 Å². The van der Waals surface area contributed by atoms with E-state index in [9.17, 15) is 5.11 Å². The predicted octanol–water partition coefficient (Wildman–Crippen LogP) is 1.82. The second kappa shape index (κ2) is 4.31. The van der Waals surface area contributed by atoms with Gasteiger partial charge in [-0.2, -0.15) is 5.10 Å². The number of aromatic nitrogens is 4. The summed E-state index contributed by atoms with van der Waals surface area (Å²) < 4.78 is 0. The second-order valence-electron chi connectivity index (χ2n) is 4.06. The lowest BCUT2D eigenvalue weighted by atomic mass is 10.1. The molecule has 0 bridgehead atoms. The van der Waals surface area contributed by atoms with Gasteiger partial charge in [0, 0.05) is 6.20 Å². The number of hydrogen-bond acceptors (Lipinski definition) is 5. The van der Waals surface area contributed by atoms with Crippen LogP contribution in [-0.2, 0) is 5.60 Å². The Morgan fingerprint density at radius 1 is 1.41 bits per heavy atom. The fraction of sp³-hybridized carbons (Fsp3) is 0.300. The molecule has 2 aromatic rings. The predicted molar refractivity (Wildman–Crippen MR) is 64.2 cm³/mol. The highest BCUT2D eigenvalue weighted by Gasteiger charge is 2.22. The van der Waals surface area contributed by atoms with E-state index < -0.39 is 5.60 Å². The van der Waals surface area contributed by atoms with Crippen LogP contribution in [0.1, 0.15) is 19.5 Å². The summed E-state index contributed by atoms with van der Waals surface area (Å²) in [6, 6.07) is 0. The van der Waals surface area contributed by atoms with Gasteiger partial charge in [0.2, 0.25) is 5.95 Å². The van der Waals surface area contributed by atoms with Gasteiger partial charge < -0.3 is 10.4 Å². The molecule has 6 nitrogen and oxygen atoms in total. The van der Waals surface area contributed by atoms with E-state index in [1.54, 1.807) is 26.2 Å². The van der Waals surface area contributed by atoms with Crippen molar-refractivity contribution in [3.05, 3.63) is 29.3 Å². The molecule has 0 saturated carbocycles. The maximum Gasteiger partial charge on any atom is 0.227 e. The van der Waals surface area contributed by atoms with Gasteiger partial charge in [-0.3, -0.25) is 5.10 Å². The number of aliphatic hydroxyl groups is 1. The topological polar surface area (TPSA) is 86.7 Å². The van der Waals surface area contributed by atoms with Crippen molar-refractivity contribution in [3.63, 3.8) is 0 Å². The molecule has 2 aromatic heterocycles. The molecule has 3 N–H and O–H groups in total. The maximum absolute atomic E-state index is 9.90. The van der Waals surface area contributed by atoms with Crippen LogP contribution in [0.2, 0.25) is 5.02 Å². The van der Waals surface area contributed by atoms with Crippen LogP contribution in [0.15, 0.2) is 18.6 Å². The average Bonchev–Trinajstić information content (AvgIpc) is 2.72. The lowest BCUT2D eigenvalue weighted by Gasteiger charge is -2.18. The maximum atomic E-state index is 9.90. The highest BCUT2D eigenvalue weighted by atomic mass is 35.5. The molecular formula is C10H12ClN5O. The molecule has 0 aliphatic rings. The molecule has 0 aliphatic heterocycles. The summed E-state index contributed by atoms with van der Waals surface area (Å²) in [6.45, 7) is 3.23. The van der Waals surface area contributed by atoms with E-state index in [0.717, 1.165) is 5.69 Å². The first-order valence-electron chi connectivity index (χ1n) is 4.98. The molecule has 0 amide bonds. The third-order valence-corrected chi connectivity index (χ3v) is 2.35. The highest BCUT2D eigenvalue weighted by molar-refractivity contribution is 6.31. The van der Waals surface area contributed by atoms with Gasteiger partial charge in [-0.05, 0) is 13.8 Å². The lowest BCUT2D eigenvalue weighted by molar-refractivity contribution is 0.0740. The van der Waals surface area contributed by atoms with Crippen molar-refractivity contribution in [3.8, 4) is 0 Å². The summed E-state index contributed by atoms with van der Waals surface area (Å²) in [5, 5.41) is 19.6. The number of H-pyrrole nitrogens is 1. The van der Waals surface area contributed by atoms with Crippen molar-refractivity contribution >= 4 is 23.2 Å². The van der Waals surface area contributed by atoms with Gasteiger partial charge in [-0.1, -0.05) is 11.6 Å². The van der Waals surface area contributed by atoms with Gasteiger partial charge >= 0.3 is 0 Å².